The summed E-state index contributed by atoms with van der Waals surface area (Å²) in [6, 6.07) is 3.25. The molecule has 0 spiro atoms. The molecule has 0 aliphatic rings. The van der Waals surface area contributed by atoms with Crippen molar-refractivity contribution in [1.82, 2.24) is 24.5 Å². The molecular formula is C26H29F3N6O. The number of hydrogen-bond acceptors (Lipinski definition) is 5. The molecule has 10 heteroatoms. The number of rotatable bonds is 9. The Hall–Kier alpha value is -3.53. The van der Waals surface area contributed by atoms with Crippen LogP contribution in [0.4, 0.5) is 13.2 Å². The molecule has 1 aromatic carbocycles. The van der Waals surface area contributed by atoms with Gasteiger partial charge in [0.25, 0.3) is 0 Å². The van der Waals surface area contributed by atoms with Crippen LogP contribution >= 0.6 is 0 Å². The van der Waals surface area contributed by atoms with Crippen LogP contribution in [0.15, 0.2) is 30.6 Å². The van der Waals surface area contributed by atoms with Crippen LogP contribution in [-0.2, 0) is 14.1 Å². The van der Waals surface area contributed by atoms with Crippen molar-refractivity contribution in [2.24, 2.45) is 25.7 Å². The van der Waals surface area contributed by atoms with E-state index in [0.717, 1.165) is 30.4 Å². The predicted molar refractivity (Wildman–Crippen MR) is 131 cm³/mol. The second-order valence-corrected chi connectivity index (χ2v) is 9.37. The molecule has 0 unspecified atom stereocenters. The van der Waals surface area contributed by atoms with Gasteiger partial charge < -0.3 is 5.73 Å². The highest BCUT2D eigenvalue weighted by Crippen LogP contribution is 2.31. The fraction of sp³-hybridized carbons (Fsp3) is 0.385. The molecule has 0 amide bonds. The number of pyridine rings is 1. The molecule has 4 aromatic rings. The Labute approximate surface area is 207 Å². The molecule has 2 atom stereocenters. The zero-order valence-corrected chi connectivity index (χ0v) is 20.7. The quantitative estimate of drug-likeness (QED) is 0.254. The summed E-state index contributed by atoms with van der Waals surface area (Å²) in [5.41, 5.74) is 9.71. The first-order chi connectivity index (χ1) is 17.1. The van der Waals surface area contributed by atoms with Gasteiger partial charge in [-0.3, -0.25) is 14.2 Å². The molecule has 4 rings (SSSR count). The average molecular weight is 499 g/mol. The first-order valence-corrected chi connectivity index (χ1v) is 11.8. The van der Waals surface area contributed by atoms with Gasteiger partial charge in [-0.15, -0.1) is 0 Å². The molecule has 7 nitrogen and oxygen atoms in total. The van der Waals surface area contributed by atoms with Crippen molar-refractivity contribution in [3.63, 3.8) is 0 Å². The number of ketones is 1. The molecule has 0 saturated heterocycles. The standard InChI is InChI=1S/C26H29F3N6O/c1-14(10-22(36)17-8-9-31-26-18(17)13-32-35(26)4)6-5-7-21(30)24-15(2)25(34(3)33-24)16-11-19(27)23(29)20(28)12-16/h8-9,11-14,21H,5-7,10,30H2,1-4H3/t14-,21-/m0/s1. The van der Waals surface area contributed by atoms with Crippen LogP contribution in [0.3, 0.4) is 0 Å². The van der Waals surface area contributed by atoms with Crippen molar-refractivity contribution in [1.29, 1.82) is 0 Å². The summed E-state index contributed by atoms with van der Waals surface area (Å²) in [6.07, 6.45) is 5.89. The van der Waals surface area contributed by atoms with E-state index in [4.69, 9.17) is 5.73 Å². The number of hydrogen-bond donors (Lipinski definition) is 1. The summed E-state index contributed by atoms with van der Waals surface area (Å²) >= 11 is 0. The lowest BCUT2D eigenvalue weighted by Gasteiger charge is -2.14. The number of halogens is 3. The Morgan fingerprint density at radius 2 is 1.81 bits per heavy atom. The van der Waals surface area contributed by atoms with E-state index < -0.39 is 23.5 Å². The largest absolute Gasteiger partial charge is 0.323 e. The van der Waals surface area contributed by atoms with Crippen molar-refractivity contribution >= 4 is 16.8 Å². The highest BCUT2D eigenvalue weighted by Gasteiger charge is 2.22. The van der Waals surface area contributed by atoms with E-state index in [0.29, 0.717) is 41.0 Å². The lowest BCUT2D eigenvalue weighted by atomic mass is 9.93. The summed E-state index contributed by atoms with van der Waals surface area (Å²) in [6.45, 7) is 3.82. The molecule has 2 N–H and O–H groups in total. The third-order valence-corrected chi connectivity index (χ3v) is 6.61. The van der Waals surface area contributed by atoms with Crippen molar-refractivity contribution in [3.8, 4) is 11.3 Å². The van der Waals surface area contributed by atoms with E-state index in [9.17, 15) is 18.0 Å². The molecule has 3 aromatic heterocycles. The van der Waals surface area contributed by atoms with Gasteiger partial charge in [0.15, 0.2) is 28.9 Å². The topological polar surface area (TPSA) is 91.6 Å². The SMILES string of the molecule is Cc1c([C@@H](N)CCC[C@H](C)CC(=O)c2ccnc3c2cnn3C)nn(C)c1-c1cc(F)c(F)c(F)c1. The fourth-order valence-electron chi connectivity index (χ4n) is 4.74. The number of aromatic nitrogens is 5. The van der Waals surface area contributed by atoms with Crippen LogP contribution < -0.4 is 5.73 Å². The second-order valence-electron chi connectivity index (χ2n) is 9.37. The van der Waals surface area contributed by atoms with E-state index in [1.165, 1.54) is 4.68 Å². The van der Waals surface area contributed by atoms with Gasteiger partial charge in [-0.05, 0) is 43.0 Å². The van der Waals surface area contributed by atoms with Gasteiger partial charge in [-0.2, -0.15) is 10.2 Å². The van der Waals surface area contributed by atoms with Gasteiger partial charge in [-0.25, -0.2) is 18.2 Å². The normalized spacial score (nSPS) is 13.3. The number of Topliss-reactive ketones (excluding diaryl/α,β-unsaturated/α-hetero) is 1. The zero-order chi connectivity index (χ0) is 26.1. The number of carbonyl (C=O) groups is 1. The van der Waals surface area contributed by atoms with Crippen LogP contribution in [-0.4, -0.2) is 30.3 Å². The number of nitrogens with two attached hydrogens (primary N) is 1. The highest BCUT2D eigenvalue weighted by atomic mass is 19.2. The van der Waals surface area contributed by atoms with Crippen molar-refractivity contribution < 1.29 is 18.0 Å². The maximum atomic E-state index is 13.8. The molecule has 0 saturated carbocycles. The molecular weight excluding hydrogens is 469 g/mol. The Morgan fingerprint density at radius 1 is 1.11 bits per heavy atom. The molecule has 0 bridgehead atoms. The highest BCUT2D eigenvalue weighted by molar-refractivity contribution is 6.06. The molecule has 0 radical (unpaired) electrons. The van der Waals surface area contributed by atoms with Gasteiger partial charge >= 0.3 is 0 Å². The summed E-state index contributed by atoms with van der Waals surface area (Å²) in [5.74, 6) is -3.81. The summed E-state index contributed by atoms with van der Waals surface area (Å²) in [7, 11) is 3.45. The molecule has 0 fully saturated rings. The molecule has 0 aliphatic carbocycles. The van der Waals surface area contributed by atoms with E-state index in [1.54, 1.807) is 44.2 Å². The maximum Gasteiger partial charge on any atom is 0.194 e. The summed E-state index contributed by atoms with van der Waals surface area (Å²) in [4.78, 5) is 17.2. The van der Waals surface area contributed by atoms with E-state index in [1.807, 2.05) is 6.92 Å². The third kappa shape index (κ3) is 4.90. The molecule has 3 heterocycles. The van der Waals surface area contributed by atoms with Gasteiger partial charge in [0.2, 0.25) is 0 Å². The van der Waals surface area contributed by atoms with Gasteiger partial charge in [0.1, 0.15) is 0 Å². The van der Waals surface area contributed by atoms with Gasteiger partial charge in [-0.1, -0.05) is 19.8 Å². The first kappa shape index (κ1) is 25.6. The van der Waals surface area contributed by atoms with Crippen LogP contribution in [0, 0.1) is 30.3 Å². The summed E-state index contributed by atoms with van der Waals surface area (Å²) < 4.78 is 44.1. The monoisotopic (exact) mass is 498 g/mol. The first-order valence-electron chi connectivity index (χ1n) is 11.8. The van der Waals surface area contributed by atoms with Gasteiger partial charge in [0.05, 0.1) is 17.6 Å². The van der Waals surface area contributed by atoms with Crippen molar-refractivity contribution in [3.05, 3.63) is 64.9 Å². The Balaban J connectivity index is 1.38. The van der Waals surface area contributed by atoms with E-state index in [-0.39, 0.29) is 17.3 Å². The lowest BCUT2D eigenvalue weighted by molar-refractivity contribution is 0.0963. The number of aryl methyl sites for hydroxylation is 2. The van der Waals surface area contributed by atoms with Crippen LogP contribution in [0.1, 0.15) is 60.3 Å². The fourth-order valence-corrected chi connectivity index (χ4v) is 4.74. The zero-order valence-electron chi connectivity index (χ0n) is 20.7. The van der Waals surface area contributed by atoms with E-state index >= 15 is 0 Å². The van der Waals surface area contributed by atoms with Gasteiger partial charge in [0, 0.05) is 49.3 Å². The molecule has 36 heavy (non-hydrogen) atoms. The average Bonchev–Trinajstić information content (AvgIpc) is 3.35. The molecule has 0 aliphatic heterocycles. The van der Waals surface area contributed by atoms with Crippen molar-refractivity contribution in [2.45, 2.75) is 45.6 Å². The molecule has 190 valence electrons. The predicted octanol–water partition coefficient (Wildman–Crippen LogP) is 5.17. The minimum Gasteiger partial charge on any atom is -0.323 e. The minimum atomic E-state index is -1.50. The smallest absolute Gasteiger partial charge is 0.194 e. The number of carbonyl (C=O) groups excluding carboxylic acids is 1. The number of benzene rings is 1. The van der Waals surface area contributed by atoms with Crippen molar-refractivity contribution in [2.75, 3.05) is 0 Å². The second kappa shape index (κ2) is 10.2. The Morgan fingerprint density at radius 3 is 2.50 bits per heavy atom. The third-order valence-electron chi connectivity index (χ3n) is 6.61. The lowest BCUT2D eigenvalue weighted by Crippen LogP contribution is -2.13. The maximum absolute atomic E-state index is 13.8. The number of fused-ring (bicyclic) bond motifs is 1. The Kier molecular flexibility index (Phi) is 7.26. The minimum absolute atomic E-state index is 0.0520. The van der Waals surface area contributed by atoms with E-state index in [2.05, 4.69) is 15.2 Å². The summed E-state index contributed by atoms with van der Waals surface area (Å²) in [5, 5.41) is 9.41. The number of nitrogens with zero attached hydrogens (tertiary/aromatic N) is 5. The van der Waals surface area contributed by atoms with Crippen LogP contribution in [0.25, 0.3) is 22.3 Å². The Bertz CT molecular complexity index is 1400. The van der Waals surface area contributed by atoms with Crippen LogP contribution in [0.5, 0.6) is 0 Å². The van der Waals surface area contributed by atoms with Crippen LogP contribution in [0.2, 0.25) is 0 Å².